The summed E-state index contributed by atoms with van der Waals surface area (Å²) >= 11 is 0. The van der Waals surface area contributed by atoms with Gasteiger partial charge in [-0.05, 0) is 42.0 Å². The standard InChI is InChI=1S/C25H27N3O/c29-25(28-18-8-14-24(28)22-13-7-16-26-19-22)27-17-15-23(20-9-3-1-4-10-20)21-11-5-2-6-12-21/h1-7,9-13,16,19,23-24H,8,14-15,17-18H2,(H,27,29). The van der Waals surface area contributed by atoms with E-state index < -0.39 is 0 Å². The monoisotopic (exact) mass is 385 g/mol. The van der Waals surface area contributed by atoms with Crippen molar-refractivity contribution >= 4 is 6.03 Å². The predicted octanol–water partition coefficient (Wildman–Crippen LogP) is 5.15. The minimum atomic E-state index is 0.0243. The van der Waals surface area contributed by atoms with Gasteiger partial charge in [0.2, 0.25) is 0 Å². The Kier molecular flexibility index (Phi) is 6.20. The lowest BCUT2D eigenvalue weighted by Gasteiger charge is -2.26. The second-order valence-corrected chi connectivity index (χ2v) is 7.53. The van der Waals surface area contributed by atoms with Gasteiger partial charge in [0, 0.05) is 31.4 Å². The van der Waals surface area contributed by atoms with Crippen LogP contribution in [0.4, 0.5) is 4.79 Å². The third kappa shape index (κ3) is 4.65. The van der Waals surface area contributed by atoms with E-state index in [4.69, 9.17) is 0 Å². The van der Waals surface area contributed by atoms with Gasteiger partial charge < -0.3 is 10.2 Å². The summed E-state index contributed by atoms with van der Waals surface area (Å²) in [6.45, 7) is 1.44. The molecule has 1 atom stereocenters. The molecule has 3 aromatic rings. The molecule has 29 heavy (non-hydrogen) atoms. The molecule has 1 aliphatic rings. The van der Waals surface area contributed by atoms with Crippen LogP contribution in [0.25, 0.3) is 0 Å². The number of amides is 2. The van der Waals surface area contributed by atoms with E-state index in [9.17, 15) is 4.79 Å². The summed E-state index contributed by atoms with van der Waals surface area (Å²) in [7, 11) is 0. The Labute approximate surface area is 172 Å². The Morgan fingerprint density at radius 1 is 1.00 bits per heavy atom. The molecule has 2 amide bonds. The fourth-order valence-electron chi connectivity index (χ4n) is 4.25. The van der Waals surface area contributed by atoms with Crippen LogP contribution in [-0.4, -0.2) is 29.0 Å². The second-order valence-electron chi connectivity index (χ2n) is 7.53. The van der Waals surface area contributed by atoms with E-state index in [1.807, 2.05) is 29.3 Å². The Hall–Kier alpha value is -3.14. The van der Waals surface area contributed by atoms with Crippen LogP contribution in [0, 0.1) is 0 Å². The van der Waals surface area contributed by atoms with Gasteiger partial charge in [0.05, 0.1) is 6.04 Å². The van der Waals surface area contributed by atoms with Crippen molar-refractivity contribution in [2.75, 3.05) is 13.1 Å². The molecule has 4 heteroatoms. The Morgan fingerprint density at radius 2 is 1.69 bits per heavy atom. The van der Waals surface area contributed by atoms with Crippen LogP contribution in [0.1, 0.15) is 47.9 Å². The zero-order valence-corrected chi connectivity index (χ0v) is 16.6. The number of carbonyl (C=O) groups excluding carboxylic acids is 1. The van der Waals surface area contributed by atoms with Crippen molar-refractivity contribution in [2.24, 2.45) is 0 Å². The molecule has 2 heterocycles. The smallest absolute Gasteiger partial charge is 0.317 e. The van der Waals surface area contributed by atoms with Gasteiger partial charge in [-0.15, -0.1) is 0 Å². The molecule has 0 bridgehead atoms. The molecule has 1 aromatic heterocycles. The average Bonchev–Trinajstić information content (AvgIpc) is 3.29. The molecule has 4 nitrogen and oxygen atoms in total. The normalized spacial score (nSPS) is 16.2. The number of urea groups is 1. The van der Waals surface area contributed by atoms with Crippen molar-refractivity contribution in [1.29, 1.82) is 0 Å². The highest BCUT2D eigenvalue weighted by molar-refractivity contribution is 5.75. The lowest BCUT2D eigenvalue weighted by molar-refractivity contribution is 0.192. The van der Waals surface area contributed by atoms with Crippen LogP contribution in [0.15, 0.2) is 85.2 Å². The lowest BCUT2D eigenvalue weighted by atomic mass is 9.88. The molecule has 1 unspecified atom stereocenters. The maximum Gasteiger partial charge on any atom is 0.317 e. The predicted molar refractivity (Wildman–Crippen MR) is 116 cm³/mol. The van der Waals surface area contributed by atoms with Gasteiger partial charge in [0.15, 0.2) is 0 Å². The summed E-state index contributed by atoms with van der Waals surface area (Å²) in [5, 5.41) is 3.16. The molecule has 1 saturated heterocycles. The molecule has 1 N–H and O–H groups in total. The Balaban J connectivity index is 1.40. The lowest BCUT2D eigenvalue weighted by Crippen LogP contribution is -2.40. The Bertz CT molecular complexity index is 860. The van der Waals surface area contributed by atoms with Gasteiger partial charge in [-0.3, -0.25) is 4.98 Å². The van der Waals surface area contributed by atoms with Gasteiger partial charge in [-0.25, -0.2) is 4.79 Å². The summed E-state index contributed by atoms with van der Waals surface area (Å²) in [6, 6.07) is 25.2. The number of nitrogens with one attached hydrogen (secondary N) is 1. The van der Waals surface area contributed by atoms with Gasteiger partial charge in [-0.1, -0.05) is 66.7 Å². The van der Waals surface area contributed by atoms with Crippen molar-refractivity contribution in [1.82, 2.24) is 15.2 Å². The summed E-state index contributed by atoms with van der Waals surface area (Å²) in [4.78, 5) is 19.1. The average molecular weight is 386 g/mol. The first kappa shape index (κ1) is 19.2. The molecule has 1 aliphatic heterocycles. The van der Waals surface area contributed by atoms with E-state index in [1.54, 1.807) is 6.20 Å². The molecule has 0 saturated carbocycles. The van der Waals surface area contributed by atoms with Crippen molar-refractivity contribution in [3.8, 4) is 0 Å². The number of nitrogens with zero attached hydrogens (tertiary/aromatic N) is 2. The van der Waals surface area contributed by atoms with Crippen LogP contribution >= 0.6 is 0 Å². The van der Waals surface area contributed by atoms with Crippen LogP contribution in [-0.2, 0) is 0 Å². The number of likely N-dealkylation sites (tertiary alicyclic amines) is 1. The number of carbonyl (C=O) groups is 1. The summed E-state index contributed by atoms with van der Waals surface area (Å²) in [6.07, 6.45) is 6.54. The molecule has 0 spiro atoms. The van der Waals surface area contributed by atoms with Crippen LogP contribution in [0.2, 0.25) is 0 Å². The van der Waals surface area contributed by atoms with Crippen LogP contribution in [0.5, 0.6) is 0 Å². The topological polar surface area (TPSA) is 45.2 Å². The van der Waals surface area contributed by atoms with E-state index in [0.717, 1.165) is 31.4 Å². The molecular formula is C25H27N3O. The second kappa shape index (κ2) is 9.37. The number of aromatic nitrogens is 1. The number of rotatable bonds is 6. The molecule has 1 fully saturated rings. The quantitative estimate of drug-likeness (QED) is 0.638. The minimum absolute atomic E-state index is 0.0243. The highest BCUT2D eigenvalue weighted by Crippen LogP contribution is 2.31. The van der Waals surface area contributed by atoms with Gasteiger partial charge in [0.25, 0.3) is 0 Å². The van der Waals surface area contributed by atoms with Gasteiger partial charge in [-0.2, -0.15) is 0 Å². The zero-order valence-electron chi connectivity index (χ0n) is 16.6. The first-order valence-electron chi connectivity index (χ1n) is 10.4. The molecule has 2 aromatic carbocycles. The minimum Gasteiger partial charge on any atom is -0.338 e. The summed E-state index contributed by atoms with van der Waals surface area (Å²) in [5.41, 5.74) is 3.68. The van der Waals surface area contributed by atoms with Crippen molar-refractivity contribution in [3.05, 3.63) is 102 Å². The van der Waals surface area contributed by atoms with Crippen molar-refractivity contribution < 1.29 is 4.79 Å². The molecular weight excluding hydrogens is 358 g/mol. The molecule has 0 radical (unpaired) electrons. The van der Waals surface area contributed by atoms with Crippen molar-refractivity contribution in [2.45, 2.75) is 31.2 Å². The van der Waals surface area contributed by atoms with E-state index in [1.165, 1.54) is 11.1 Å². The summed E-state index contributed by atoms with van der Waals surface area (Å²) < 4.78 is 0. The van der Waals surface area contributed by atoms with Gasteiger partial charge in [0.1, 0.15) is 0 Å². The maximum absolute atomic E-state index is 12.9. The number of hydrogen-bond donors (Lipinski definition) is 1. The number of hydrogen-bond acceptors (Lipinski definition) is 2. The highest BCUT2D eigenvalue weighted by Gasteiger charge is 2.30. The van der Waals surface area contributed by atoms with E-state index in [2.05, 4.69) is 64.9 Å². The highest BCUT2D eigenvalue weighted by atomic mass is 16.2. The molecule has 148 valence electrons. The molecule has 4 rings (SSSR count). The SMILES string of the molecule is O=C(NCCC(c1ccccc1)c1ccccc1)N1CCCC1c1cccnc1. The van der Waals surface area contributed by atoms with E-state index >= 15 is 0 Å². The van der Waals surface area contributed by atoms with Crippen LogP contribution < -0.4 is 5.32 Å². The third-order valence-corrected chi connectivity index (χ3v) is 5.70. The maximum atomic E-state index is 12.9. The fraction of sp³-hybridized carbons (Fsp3) is 0.280. The third-order valence-electron chi connectivity index (χ3n) is 5.70. The Morgan fingerprint density at radius 3 is 2.31 bits per heavy atom. The fourth-order valence-corrected chi connectivity index (χ4v) is 4.25. The van der Waals surface area contributed by atoms with Gasteiger partial charge >= 0.3 is 6.03 Å². The van der Waals surface area contributed by atoms with E-state index in [0.29, 0.717) is 6.54 Å². The first-order chi connectivity index (χ1) is 14.3. The zero-order chi connectivity index (χ0) is 19.9. The van der Waals surface area contributed by atoms with E-state index in [-0.39, 0.29) is 18.0 Å². The van der Waals surface area contributed by atoms with Crippen molar-refractivity contribution in [3.63, 3.8) is 0 Å². The van der Waals surface area contributed by atoms with Crippen LogP contribution in [0.3, 0.4) is 0 Å². The largest absolute Gasteiger partial charge is 0.338 e. The number of benzene rings is 2. The molecule has 0 aliphatic carbocycles. The number of pyridine rings is 1. The first-order valence-corrected chi connectivity index (χ1v) is 10.4. The summed E-state index contributed by atoms with van der Waals surface area (Å²) in [5.74, 6) is 0.269.